The Morgan fingerprint density at radius 1 is 1.33 bits per heavy atom. The minimum absolute atomic E-state index is 0.0193. The summed E-state index contributed by atoms with van der Waals surface area (Å²) in [6.45, 7) is -0.245. The van der Waals surface area contributed by atoms with Crippen molar-refractivity contribution >= 4 is 18.0 Å². The van der Waals surface area contributed by atoms with Crippen molar-refractivity contribution in [3.05, 3.63) is 35.4 Å². The van der Waals surface area contributed by atoms with Crippen LogP contribution in [-0.2, 0) is 14.3 Å². The maximum Gasteiger partial charge on any atom is 0.343 e. The molecule has 6 heteroatoms. The largest absolute Gasteiger partial charge is 0.481 e. The summed E-state index contributed by atoms with van der Waals surface area (Å²) in [4.78, 5) is 24.2. The summed E-state index contributed by atoms with van der Waals surface area (Å²) in [6, 6.07) is 8.66. The highest BCUT2D eigenvalue weighted by molar-refractivity contribution is 6.01. The minimum Gasteiger partial charge on any atom is -0.481 e. The van der Waals surface area contributed by atoms with Crippen LogP contribution in [0.2, 0.25) is 0 Å². The van der Waals surface area contributed by atoms with E-state index >= 15 is 0 Å². The first-order chi connectivity index (χ1) is 9.99. The number of amides is 1. The van der Waals surface area contributed by atoms with E-state index in [4.69, 9.17) is 10.00 Å². The van der Waals surface area contributed by atoms with Crippen LogP contribution in [0.25, 0.3) is 6.08 Å². The van der Waals surface area contributed by atoms with Gasteiger partial charge in [-0.2, -0.15) is 5.26 Å². The molecule has 0 saturated heterocycles. The van der Waals surface area contributed by atoms with Gasteiger partial charge in [-0.25, -0.2) is 4.79 Å². The molecule has 0 aliphatic heterocycles. The third-order valence-corrected chi connectivity index (χ3v) is 2.55. The van der Waals surface area contributed by atoms with Crippen LogP contribution in [0.15, 0.2) is 29.8 Å². The number of carbonyl (C=O) groups excluding carboxylic acids is 2. The number of nitriles is 1. The lowest BCUT2D eigenvalue weighted by Gasteiger charge is -2.10. The zero-order valence-electron chi connectivity index (χ0n) is 12.1. The molecule has 110 valence electrons. The van der Waals surface area contributed by atoms with E-state index in [0.717, 1.165) is 0 Å². The summed E-state index contributed by atoms with van der Waals surface area (Å²) in [7, 11) is 4.39. The average Bonchev–Trinajstić information content (AvgIpc) is 2.50. The van der Waals surface area contributed by atoms with E-state index in [-0.39, 0.29) is 12.2 Å². The number of likely N-dealkylation sites (N-methyl/N-ethyl adjacent to an activating group) is 1. The Hall–Kier alpha value is -2.81. The Kier molecular flexibility index (Phi) is 5.96. The maximum atomic E-state index is 11.8. The number of rotatable bonds is 5. The molecule has 0 saturated carbocycles. The van der Waals surface area contributed by atoms with Crippen LogP contribution in [-0.4, -0.2) is 44.6 Å². The molecule has 1 aromatic carbocycles. The molecule has 1 aromatic rings. The average molecular weight is 288 g/mol. The number of hydrogen-bond donors (Lipinski definition) is 0. The van der Waals surface area contributed by atoms with Crippen LogP contribution in [0.3, 0.4) is 0 Å². The Bertz CT molecular complexity index is 600. The van der Waals surface area contributed by atoms with E-state index in [9.17, 15) is 9.59 Å². The van der Waals surface area contributed by atoms with Gasteiger partial charge in [0, 0.05) is 19.7 Å². The highest BCUT2D eigenvalue weighted by atomic mass is 16.6. The molecule has 0 bridgehead atoms. The number of ether oxygens (including phenoxy) is 2. The van der Waals surface area contributed by atoms with Crippen molar-refractivity contribution in [3.8, 4) is 11.8 Å². The monoisotopic (exact) mass is 288 g/mol. The first-order valence-electron chi connectivity index (χ1n) is 6.11. The summed E-state index contributed by atoms with van der Waals surface area (Å²) in [6.07, 6.45) is 1.43. The fraction of sp³-hybridized carbons (Fsp3) is 0.267. The second kappa shape index (κ2) is 7.70. The highest BCUT2D eigenvalue weighted by Gasteiger charge is 2.13. The lowest BCUT2D eigenvalue weighted by atomic mass is 10.1. The van der Waals surface area contributed by atoms with Crippen molar-refractivity contribution in [2.24, 2.45) is 0 Å². The number of para-hydroxylation sites is 1. The van der Waals surface area contributed by atoms with E-state index in [1.807, 2.05) is 6.07 Å². The van der Waals surface area contributed by atoms with Gasteiger partial charge >= 0.3 is 5.97 Å². The second-order valence-electron chi connectivity index (χ2n) is 4.27. The first kappa shape index (κ1) is 16.2. The lowest BCUT2D eigenvalue weighted by molar-refractivity contribution is -0.142. The quantitative estimate of drug-likeness (QED) is 0.462. The highest BCUT2D eigenvalue weighted by Crippen LogP contribution is 2.21. The Morgan fingerprint density at radius 2 is 2.00 bits per heavy atom. The van der Waals surface area contributed by atoms with E-state index < -0.39 is 11.9 Å². The molecule has 0 unspecified atom stereocenters. The fourth-order valence-electron chi connectivity index (χ4n) is 1.47. The van der Waals surface area contributed by atoms with E-state index in [1.165, 1.54) is 18.1 Å². The molecule has 21 heavy (non-hydrogen) atoms. The fourth-order valence-corrected chi connectivity index (χ4v) is 1.47. The minimum atomic E-state index is -0.515. The molecule has 0 N–H and O–H groups in total. The van der Waals surface area contributed by atoms with Crippen LogP contribution in [0, 0.1) is 11.3 Å². The molecule has 6 nitrogen and oxygen atoms in total. The smallest absolute Gasteiger partial charge is 0.343 e. The molecular formula is C15H16N2O4. The zero-order chi connectivity index (χ0) is 15.8. The standard InChI is InChI=1S/C15H16N2O4/c1-17(2)15(19)12(9-16)8-11-6-4-5-7-13(11)21-10-14(18)20-3/h4-8H,10H2,1-3H3/b12-8-. The molecule has 0 aliphatic carbocycles. The zero-order valence-corrected chi connectivity index (χ0v) is 12.1. The van der Waals surface area contributed by atoms with Gasteiger partial charge in [0.05, 0.1) is 7.11 Å². The summed E-state index contributed by atoms with van der Waals surface area (Å²) in [5, 5.41) is 9.07. The van der Waals surface area contributed by atoms with Crippen molar-refractivity contribution in [1.29, 1.82) is 5.26 Å². The van der Waals surface area contributed by atoms with Gasteiger partial charge in [-0.3, -0.25) is 4.79 Å². The van der Waals surface area contributed by atoms with Gasteiger partial charge in [0.25, 0.3) is 5.91 Å². The number of hydrogen-bond acceptors (Lipinski definition) is 5. The van der Waals surface area contributed by atoms with Crippen molar-refractivity contribution < 1.29 is 19.1 Å². The lowest BCUT2D eigenvalue weighted by Crippen LogP contribution is -2.22. The van der Waals surface area contributed by atoms with Crippen LogP contribution in [0.5, 0.6) is 5.75 Å². The van der Waals surface area contributed by atoms with Crippen LogP contribution < -0.4 is 4.74 Å². The van der Waals surface area contributed by atoms with Crippen molar-refractivity contribution in [3.63, 3.8) is 0 Å². The molecule has 0 heterocycles. The Morgan fingerprint density at radius 3 is 2.57 bits per heavy atom. The number of benzene rings is 1. The van der Waals surface area contributed by atoms with E-state index in [0.29, 0.717) is 11.3 Å². The third kappa shape index (κ3) is 4.66. The van der Waals surface area contributed by atoms with Gasteiger partial charge in [0.2, 0.25) is 0 Å². The molecule has 0 aromatic heterocycles. The van der Waals surface area contributed by atoms with Gasteiger partial charge in [-0.1, -0.05) is 18.2 Å². The van der Waals surface area contributed by atoms with Crippen molar-refractivity contribution in [1.82, 2.24) is 4.90 Å². The van der Waals surface area contributed by atoms with Gasteiger partial charge in [-0.15, -0.1) is 0 Å². The van der Waals surface area contributed by atoms with Crippen LogP contribution >= 0.6 is 0 Å². The molecule has 1 amide bonds. The Balaban J connectivity index is 3.05. The normalized spacial score (nSPS) is 10.5. The predicted molar refractivity (Wildman–Crippen MR) is 76.2 cm³/mol. The third-order valence-electron chi connectivity index (χ3n) is 2.55. The number of carbonyl (C=O) groups is 2. The SMILES string of the molecule is COC(=O)COc1ccccc1/C=C(/C#N)C(=O)N(C)C. The molecule has 0 spiro atoms. The van der Waals surface area contributed by atoms with Crippen LogP contribution in [0.1, 0.15) is 5.56 Å². The van der Waals surface area contributed by atoms with Gasteiger partial charge in [0.1, 0.15) is 17.4 Å². The maximum absolute atomic E-state index is 11.8. The van der Waals surface area contributed by atoms with Gasteiger partial charge in [0.15, 0.2) is 6.61 Å². The number of esters is 1. The van der Waals surface area contributed by atoms with Gasteiger partial charge < -0.3 is 14.4 Å². The summed E-state index contributed by atoms with van der Waals surface area (Å²) >= 11 is 0. The van der Waals surface area contributed by atoms with E-state index in [2.05, 4.69) is 4.74 Å². The summed E-state index contributed by atoms with van der Waals surface area (Å²) < 4.78 is 9.81. The van der Waals surface area contributed by atoms with E-state index in [1.54, 1.807) is 38.4 Å². The molecular weight excluding hydrogens is 272 g/mol. The molecule has 1 rings (SSSR count). The predicted octanol–water partition coefficient (Wildman–Crippen LogP) is 1.23. The summed E-state index contributed by atoms with van der Waals surface area (Å²) in [5.74, 6) is -0.527. The number of methoxy groups -OCH3 is 1. The summed E-state index contributed by atoms with van der Waals surface area (Å²) in [5.41, 5.74) is 0.516. The molecule has 0 aliphatic rings. The molecule has 0 radical (unpaired) electrons. The van der Waals surface area contributed by atoms with Gasteiger partial charge in [-0.05, 0) is 12.1 Å². The topological polar surface area (TPSA) is 79.6 Å². The Labute approximate surface area is 123 Å². The van der Waals surface area contributed by atoms with Crippen molar-refractivity contribution in [2.45, 2.75) is 0 Å². The second-order valence-corrected chi connectivity index (χ2v) is 4.27. The molecule has 0 atom stereocenters. The van der Waals surface area contributed by atoms with Crippen LogP contribution in [0.4, 0.5) is 0 Å². The molecule has 0 fully saturated rings. The first-order valence-corrected chi connectivity index (χ1v) is 6.11. The number of nitrogens with zero attached hydrogens (tertiary/aromatic N) is 2. The van der Waals surface area contributed by atoms with Crippen molar-refractivity contribution in [2.75, 3.05) is 27.8 Å².